The van der Waals surface area contributed by atoms with Crippen LogP contribution in [0.25, 0.3) is 0 Å². The van der Waals surface area contributed by atoms with Gasteiger partial charge in [0.15, 0.2) is 0 Å². The number of hydrogen-bond acceptors (Lipinski definition) is 0. The lowest BCUT2D eigenvalue weighted by molar-refractivity contribution is -0.780. The molecule has 70 valence electrons. The highest BCUT2D eigenvalue weighted by atomic mass is 15.3. The molecule has 2 heteroatoms. The van der Waals surface area contributed by atoms with Crippen molar-refractivity contribution in [3.05, 3.63) is 0 Å². The minimum Gasteiger partial charge on any atom is -0.248 e. The average Bonchev–Trinajstić information content (AvgIpc) is 2.40. The Morgan fingerprint density at radius 2 is 2.08 bits per heavy atom. The van der Waals surface area contributed by atoms with Gasteiger partial charge in [-0.2, -0.15) is 4.58 Å². The highest BCUT2D eigenvalue weighted by Gasteiger charge is 2.37. The van der Waals surface area contributed by atoms with E-state index in [1.807, 2.05) is 0 Å². The molecule has 1 heterocycles. The summed E-state index contributed by atoms with van der Waals surface area (Å²) in [4.78, 5) is 1.62. The second-order valence-electron chi connectivity index (χ2n) is 3.63. The first-order chi connectivity index (χ1) is 5.74. The van der Waals surface area contributed by atoms with Crippen LogP contribution in [0.2, 0.25) is 0 Å². The first-order valence-electron chi connectivity index (χ1n) is 5.19. The van der Waals surface area contributed by atoms with Crippen molar-refractivity contribution >= 4 is 5.84 Å². The van der Waals surface area contributed by atoms with E-state index in [9.17, 15) is 0 Å². The predicted octanol–water partition coefficient (Wildman–Crippen LogP) is 0.134. The van der Waals surface area contributed by atoms with Crippen LogP contribution in [-0.2, 0) is 0 Å². The maximum atomic E-state index is 2.58. The zero-order chi connectivity index (χ0) is 9.14. The first-order valence-corrected chi connectivity index (χ1v) is 5.19. The molecule has 0 fully saturated rings. The van der Waals surface area contributed by atoms with Gasteiger partial charge in [0.05, 0.1) is 13.5 Å². The molecule has 2 atom stereocenters. The largest absolute Gasteiger partial charge is 0.336 e. The van der Waals surface area contributed by atoms with Crippen molar-refractivity contribution < 1.29 is 9.48 Å². The third kappa shape index (κ3) is 1.53. The monoisotopic (exact) mass is 170 g/mol. The van der Waals surface area contributed by atoms with Gasteiger partial charge >= 0.3 is 5.84 Å². The SMILES string of the molecule is CCC1=[N+](CC)C(CC)C[NH+]1C. The van der Waals surface area contributed by atoms with Gasteiger partial charge in [-0.1, -0.05) is 6.92 Å². The number of rotatable bonds is 3. The molecule has 2 unspecified atom stereocenters. The topological polar surface area (TPSA) is 7.45 Å². The molecule has 1 rings (SSSR count). The molecule has 0 amide bonds. The second-order valence-corrected chi connectivity index (χ2v) is 3.63. The fourth-order valence-electron chi connectivity index (χ4n) is 2.37. The van der Waals surface area contributed by atoms with Crippen LogP contribution in [0.4, 0.5) is 0 Å². The van der Waals surface area contributed by atoms with Crippen molar-refractivity contribution in [1.29, 1.82) is 0 Å². The van der Waals surface area contributed by atoms with E-state index in [0.717, 1.165) is 6.04 Å². The van der Waals surface area contributed by atoms with E-state index in [-0.39, 0.29) is 0 Å². The number of amidine groups is 1. The van der Waals surface area contributed by atoms with Crippen LogP contribution in [0, 0.1) is 0 Å². The molecular formula is C10H22N2+2. The van der Waals surface area contributed by atoms with Crippen LogP contribution in [-0.4, -0.2) is 36.6 Å². The van der Waals surface area contributed by atoms with Crippen LogP contribution in [0.3, 0.4) is 0 Å². The summed E-state index contributed by atoms with van der Waals surface area (Å²) in [5.41, 5.74) is 0. The van der Waals surface area contributed by atoms with Crippen LogP contribution in [0.1, 0.15) is 33.6 Å². The first kappa shape index (κ1) is 9.72. The van der Waals surface area contributed by atoms with Gasteiger partial charge in [0.25, 0.3) is 0 Å². The summed E-state index contributed by atoms with van der Waals surface area (Å²) in [5, 5.41) is 0. The summed E-state index contributed by atoms with van der Waals surface area (Å²) in [5.74, 6) is 1.60. The van der Waals surface area contributed by atoms with Crippen LogP contribution in [0.5, 0.6) is 0 Å². The molecule has 0 saturated heterocycles. The Hall–Kier alpha value is -0.370. The zero-order valence-corrected chi connectivity index (χ0v) is 8.85. The van der Waals surface area contributed by atoms with E-state index < -0.39 is 0 Å². The molecule has 1 N–H and O–H groups in total. The summed E-state index contributed by atoms with van der Waals surface area (Å²) in [6, 6.07) is 0.796. The van der Waals surface area contributed by atoms with Crippen molar-refractivity contribution in [2.24, 2.45) is 0 Å². The molecule has 0 bridgehead atoms. The van der Waals surface area contributed by atoms with E-state index in [1.165, 1.54) is 25.9 Å². The molecule has 0 saturated carbocycles. The summed E-state index contributed by atoms with van der Waals surface area (Å²) < 4.78 is 2.58. The standard InChI is InChI=1S/C10H21N2/c1-5-9-8-11(4)10(6-2)12(9)7-3/h9H,5-8H2,1-4H3/q+1/p+1. The molecule has 12 heavy (non-hydrogen) atoms. The molecule has 0 aromatic carbocycles. The number of nitrogens with zero attached hydrogens (tertiary/aromatic N) is 1. The summed E-state index contributed by atoms with van der Waals surface area (Å²) in [6.07, 6.45) is 2.49. The maximum absolute atomic E-state index is 2.58. The Bertz CT molecular complexity index is 184. The third-order valence-corrected chi connectivity index (χ3v) is 2.97. The van der Waals surface area contributed by atoms with Crippen molar-refractivity contribution in [1.82, 2.24) is 0 Å². The fourth-order valence-corrected chi connectivity index (χ4v) is 2.37. The lowest BCUT2D eigenvalue weighted by Gasteiger charge is -2.01. The van der Waals surface area contributed by atoms with E-state index in [2.05, 4.69) is 32.4 Å². The average molecular weight is 170 g/mol. The van der Waals surface area contributed by atoms with Crippen molar-refractivity contribution in [2.75, 3.05) is 20.1 Å². The van der Waals surface area contributed by atoms with E-state index in [1.54, 1.807) is 10.7 Å². The molecule has 2 nitrogen and oxygen atoms in total. The number of likely N-dealkylation sites (N-methyl/N-ethyl adjacent to an activating group) is 2. The number of hydrogen-bond donors (Lipinski definition) is 1. The van der Waals surface area contributed by atoms with Gasteiger partial charge in [0.1, 0.15) is 13.1 Å². The third-order valence-electron chi connectivity index (χ3n) is 2.97. The molecule has 0 radical (unpaired) electrons. The highest BCUT2D eigenvalue weighted by Crippen LogP contribution is 2.00. The lowest BCUT2D eigenvalue weighted by atomic mass is 10.2. The zero-order valence-electron chi connectivity index (χ0n) is 8.85. The minimum atomic E-state index is 0.796. The van der Waals surface area contributed by atoms with Gasteiger partial charge in [0.2, 0.25) is 6.04 Å². The van der Waals surface area contributed by atoms with E-state index in [4.69, 9.17) is 0 Å². The van der Waals surface area contributed by atoms with Gasteiger partial charge in [-0.3, -0.25) is 0 Å². The quantitative estimate of drug-likeness (QED) is 0.576. The van der Waals surface area contributed by atoms with Crippen LogP contribution < -0.4 is 4.90 Å². The summed E-state index contributed by atoms with van der Waals surface area (Å²) in [6.45, 7) is 9.29. The molecule has 0 aliphatic carbocycles. The smallest absolute Gasteiger partial charge is 0.248 e. The Labute approximate surface area is 75.9 Å². The molecule has 1 aliphatic rings. The Balaban J connectivity index is 2.83. The summed E-state index contributed by atoms with van der Waals surface area (Å²) >= 11 is 0. The molecule has 0 aromatic heterocycles. The van der Waals surface area contributed by atoms with Gasteiger partial charge in [-0.15, -0.1) is 0 Å². The van der Waals surface area contributed by atoms with Crippen LogP contribution >= 0.6 is 0 Å². The van der Waals surface area contributed by atoms with Crippen molar-refractivity contribution in [3.8, 4) is 0 Å². The fraction of sp³-hybridized carbons (Fsp3) is 0.900. The van der Waals surface area contributed by atoms with Gasteiger partial charge < -0.3 is 0 Å². The molecule has 1 aliphatic heterocycles. The molecule has 0 aromatic rings. The Morgan fingerprint density at radius 3 is 2.50 bits per heavy atom. The van der Waals surface area contributed by atoms with E-state index >= 15 is 0 Å². The highest BCUT2D eigenvalue weighted by molar-refractivity contribution is 5.68. The molecule has 0 spiro atoms. The van der Waals surface area contributed by atoms with E-state index in [0.29, 0.717) is 0 Å². The Morgan fingerprint density at radius 1 is 1.42 bits per heavy atom. The number of quaternary nitrogens is 1. The van der Waals surface area contributed by atoms with Crippen molar-refractivity contribution in [2.45, 2.75) is 39.7 Å². The summed E-state index contributed by atoms with van der Waals surface area (Å²) in [7, 11) is 2.29. The predicted molar refractivity (Wildman–Crippen MR) is 51.9 cm³/mol. The van der Waals surface area contributed by atoms with Gasteiger partial charge in [0, 0.05) is 6.42 Å². The number of nitrogens with one attached hydrogen (secondary N) is 1. The minimum absolute atomic E-state index is 0.796. The lowest BCUT2D eigenvalue weighted by Crippen LogP contribution is -3.10. The molecular weight excluding hydrogens is 148 g/mol. The van der Waals surface area contributed by atoms with Crippen LogP contribution in [0.15, 0.2) is 0 Å². The Kier molecular flexibility index (Phi) is 3.27. The van der Waals surface area contributed by atoms with Gasteiger partial charge in [-0.05, 0) is 13.8 Å². The van der Waals surface area contributed by atoms with Crippen molar-refractivity contribution in [3.63, 3.8) is 0 Å². The maximum Gasteiger partial charge on any atom is 0.336 e. The van der Waals surface area contributed by atoms with Gasteiger partial charge in [-0.25, -0.2) is 4.90 Å². The normalized spacial score (nSPS) is 30.0. The second kappa shape index (κ2) is 4.04.